The SMILES string of the molecule is Cc1nc2c(N3CCC(C(O)c4ccccn4)CC3)ncnc2o1. The minimum Gasteiger partial charge on any atom is -0.422 e. The van der Waals surface area contributed by atoms with Gasteiger partial charge in [-0.2, -0.15) is 4.98 Å². The van der Waals surface area contributed by atoms with Crippen LogP contribution < -0.4 is 4.90 Å². The van der Waals surface area contributed by atoms with Crippen molar-refractivity contribution in [3.63, 3.8) is 0 Å². The van der Waals surface area contributed by atoms with Gasteiger partial charge in [0.05, 0.1) is 11.8 Å². The van der Waals surface area contributed by atoms with E-state index in [0.717, 1.165) is 37.4 Å². The van der Waals surface area contributed by atoms with Crippen molar-refractivity contribution in [2.24, 2.45) is 5.92 Å². The molecule has 0 radical (unpaired) electrons. The van der Waals surface area contributed by atoms with E-state index in [-0.39, 0.29) is 5.92 Å². The average Bonchev–Trinajstić information content (AvgIpc) is 3.02. The van der Waals surface area contributed by atoms with Crippen LogP contribution >= 0.6 is 0 Å². The first-order chi connectivity index (χ1) is 11.7. The Hall–Kier alpha value is -2.54. The van der Waals surface area contributed by atoms with E-state index in [9.17, 15) is 5.11 Å². The second-order valence-corrected chi connectivity index (χ2v) is 6.11. The lowest BCUT2D eigenvalue weighted by Gasteiger charge is -2.34. The number of nitrogens with zero attached hydrogens (tertiary/aromatic N) is 5. The summed E-state index contributed by atoms with van der Waals surface area (Å²) in [5.74, 6) is 1.60. The summed E-state index contributed by atoms with van der Waals surface area (Å²) in [6, 6.07) is 5.65. The van der Waals surface area contributed by atoms with E-state index in [4.69, 9.17) is 4.42 Å². The Balaban J connectivity index is 1.49. The Morgan fingerprint density at radius 3 is 2.79 bits per heavy atom. The van der Waals surface area contributed by atoms with Gasteiger partial charge >= 0.3 is 0 Å². The van der Waals surface area contributed by atoms with Crippen LogP contribution in [0.3, 0.4) is 0 Å². The van der Waals surface area contributed by atoms with E-state index < -0.39 is 6.10 Å². The van der Waals surface area contributed by atoms with Gasteiger partial charge in [-0.1, -0.05) is 6.07 Å². The predicted octanol–water partition coefficient (Wildman–Crippen LogP) is 2.27. The Bertz CT molecular complexity index is 827. The number of rotatable bonds is 3. The molecule has 1 fully saturated rings. The number of hydrogen-bond donors (Lipinski definition) is 1. The molecule has 1 N–H and O–H groups in total. The van der Waals surface area contributed by atoms with E-state index in [1.54, 1.807) is 13.1 Å². The number of aryl methyl sites for hydroxylation is 1. The lowest BCUT2D eigenvalue weighted by atomic mass is 9.89. The molecule has 124 valence electrons. The van der Waals surface area contributed by atoms with Crippen LogP contribution in [0.2, 0.25) is 0 Å². The van der Waals surface area contributed by atoms with E-state index in [1.807, 2.05) is 18.2 Å². The maximum Gasteiger partial charge on any atom is 0.252 e. The highest BCUT2D eigenvalue weighted by atomic mass is 16.4. The van der Waals surface area contributed by atoms with E-state index in [0.29, 0.717) is 17.1 Å². The molecule has 3 aromatic heterocycles. The molecule has 0 saturated carbocycles. The maximum atomic E-state index is 10.5. The van der Waals surface area contributed by atoms with Crippen LogP contribution in [0.1, 0.15) is 30.5 Å². The van der Waals surface area contributed by atoms with Crippen molar-refractivity contribution in [1.82, 2.24) is 19.9 Å². The minimum absolute atomic E-state index is 0.201. The molecule has 4 heterocycles. The summed E-state index contributed by atoms with van der Waals surface area (Å²) in [7, 11) is 0. The molecule has 1 atom stereocenters. The molecule has 0 bridgehead atoms. The monoisotopic (exact) mass is 325 g/mol. The van der Waals surface area contributed by atoms with Crippen molar-refractivity contribution in [3.05, 3.63) is 42.3 Å². The number of fused-ring (bicyclic) bond motifs is 1. The van der Waals surface area contributed by atoms with Gasteiger partial charge < -0.3 is 14.4 Å². The van der Waals surface area contributed by atoms with Crippen molar-refractivity contribution in [3.8, 4) is 0 Å². The standard InChI is InChI=1S/C17H19N5O2/c1-11-21-14-16(19-10-20-17(14)24-11)22-8-5-12(6-9-22)15(23)13-4-2-3-7-18-13/h2-4,7,10,12,15,23H,5-6,8-9H2,1H3. The maximum absolute atomic E-state index is 10.5. The molecular formula is C17H19N5O2. The van der Waals surface area contributed by atoms with Gasteiger partial charge in [-0.3, -0.25) is 4.98 Å². The summed E-state index contributed by atoms with van der Waals surface area (Å²) in [5.41, 5.74) is 1.97. The van der Waals surface area contributed by atoms with Gasteiger partial charge in [-0.05, 0) is 30.9 Å². The molecule has 7 heteroatoms. The van der Waals surface area contributed by atoms with Gasteiger partial charge in [-0.15, -0.1) is 0 Å². The van der Waals surface area contributed by atoms with Gasteiger partial charge in [-0.25, -0.2) is 9.97 Å². The van der Waals surface area contributed by atoms with Crippen molar-refractivity contribution in [2.75, 3.05) is 18.0 Å². The van der Waals surface area contributed by atoms with Gasteiger partial charge in [0, 0.05) is 26.2 Å². The number of anilines is 1. The fourth-order valence-electron chi connectivity index (χ4n) is 3.30. The van der Waals surface area contributed by atoms with E-state index in [1.165, 1.54) is 6.33 Å². The molecular weight excluding hydrogens is 306 g/mol. The number of aromatic nitrogens is 4. The average molecular weight is 325 g/mol. The Morgan fingerprint density at radius 1 is 1.21 bits per heavy atom. The summed E-state index contributed by atoms with van der Waals surface area (Å²) in [6.07, 6.45) is 4.46. The lowest BCUT2D eigenvalue weighted by Crippen LogP contribution is -2.36. The summed E-state index contributed by atoms with van der Waals surface area (Å²) < 4.78 is 5.48. The quantitative estimate of drug-likeness (QED) is 0.790. The highest BCUT2D eigenvalue weighted by Crippen LogP contribution is 2.32. The zero-order chi connectivity index (χ0) is 16.5. The van der Waals surface area contributed by atoms with Crippen molar-refractivity contribution in [2.45, 2.75) is 25.9 Å². The number of hydrogen-bond acceptors (Lipinski definition) is 7. The lowest BCUT2D eigenvalue weighted by molar-refractivity contribution is 0.0890. The molecule has 0 spiro atoms. The summed E-state index contributed by atoms with van der Waals surface area (Å²) in [6.45, 7) is 3.43. The smallest absolute Gasteiger partial charge is 0.252 e. The largest absolute Gasteiger partial charge is 0.422 e. The first-order valence-electron chi connectivity index (χ1n) is 8.14. The van der Waals surface area contributed by atoms with Gasteiger partial charge in [0.1, 0.15) is 6.33 Å². The number of aliphatic hydroxyl groups is 1. The number of aliphatic hydroxyl groups excluding tert-OH is 1. The molecule has 4 rings (SSSR count). The third-order valence-corrected chi connectivity index (χ3v) is 4.56. The third kappa shape index (κ3) is 2.71. The molecule has 1 aliphatic rings. The molecule has 0 amide bonds. The summed E-state index contributed by atoms with van der Waals surface area (Å²) in [5, 5.41) is 10.5. The molecule has 24 heavy (non-hydrogen) atoms. The van der Waals surface area contributed by atoms with Crippen molar-refractivity contribution < 1.29 is 9.52 Å². The predicted molar refractivity (Wildman–Crippen MR) is 88.5 cm³/mol. The summed E-state index contributed by atoms with van der Waals surface area (Å²) in [4.78, 5) is 19.4. The minimum atomic E-state index is -0.520. The van der Waals surface area contributed by atoms with E-state index >= 15 is 0 Å². The van der Waals surface area contributed by atoms with Crippen molar-refractivity contribution >= 4 is 17.0 Å². The first kappa shape index (κ1) is 15.0. The van der Waals surface area contributed by atoms with Crippen LogP contribution in [0, 0.1) is 12.8 Å². The number of pyridine rings is 1. The molecule has 0 aliphatic carbocycles. The molecule has 7 nitrogen and oxygen atoms in total. The molecule has 1 saturated heterocycles. The Labute approximate surface area is 139 Å². The van der Waals surface area contributed by atoms with Crippen LogP contribution in [0.25, 0.3) is 11.2 Å². The van der Waals surface area contributed by atoms with Gasteiger partial charge in [0.15, 0.2) is 17.2 Å². The fraction of sp³-hybridized carbons (Fsp3) is 0.412. The fourth-order valence-corrected chi connectivity index (χ4v) is 3.30. The molecule has 1 unspecified atom stereocenters. The number of oxazole rings is 1. The summed E-state index contributed by atoms with van der Waals surface area (Å²) >= 11 is 0. The topological polar surface area (TPSA) is 88.2 Å². The van der Waals surface area contributed by atoms with Crippen LogP contribution in [-0.4, -0.2) is 38.1 Å². The molecule has 1 aliphatic heterocycles. The second-order valence-electron chi connectivity index (χ2n) is 6.11. The van der Waals surface area contributed by atoms with Crippen LogP contribution in [0.4, 0.5) is 5.82 Å². The Kier molecular flexibility index (Phi) is 3.86. The van der Waals surface area contributed by atoms with Crippen molar-refractivity contribution in [1.29, 1.82) is 0 Å². The van der Waals surface area contributed by atoms with Crippen LogP contribution in [0.5, 0.6) is 0 Å². The zero-order valence-corrected chi connectivity index (χ0v) is 13.5. The number of piperidine rings is 1. The van der Waals surface area contributed by atoms with Gasteiger partial charge in [0.25, 0.3) is 5.71 Å². The van der Waals surface area contributed by atoms with Gasteiger partial charge in [0.2, 0.25) is 0 Å². The third-order valence-electron chi connectivity index (χ3n) is 4.56. The van der Waals surface area contributed by atoms with Crippen LogP contribution in [-0.2, 0) is 0 Å². The highest BCUT2D eigenvalue weighted by Gasteiger charge is 2.28. The second kappa shape index (κ2) is 6.16. The Morgan fingerprint density at radius 2 is 2.04 bits per heavy atom. The van der Waals surface area contributed by atoms with Crippen LogP contribution in [0.15, 0.2) is 35.1 Å². The normalized spacial score (nSPS) is 17.3. The van der Waals surface area contributed by atoms with E-state index in [2.05, 4.69) is 24.8 Å². The molecule has 0 aromatic carbocycles. The molecule has 3 aromatic rings. The zero-order valence-electron chi connectivity index (χ0n) is 13.5. The first-order valence-corrected chi connectivity index (χ1v) is 8.14. The highest BCUT2D eigenvalue weighted by molar-refractivity contribution is 5.81.